The van der Waals surface area contributed by atoms with Crippen LogP contribution in [-0.4, -0.2) is 5.60 Å². The summed E-state index contributed by atoms with van der Waals surface area (Å²) in [6.45, 7) is 3.99. The molecule has 14 heavy (non-hydrogen) atoms. The number of rotatable bonds is 0. The first kappa shape index (κ1) is 9.94. The van der Waals surface area contributed by atoms with Crippen LogP contribution in [0, 0.1) is 0 Å². The third-order valence-corrected chi connectivity index (χ3v) is 3.00. The van der Waals surface area contributed by atoms with E-state index in [4.69, 9.17) is 33.7 Å². The van der Waals surface area contributed by atoms with Gasteiger partial charge in [0, 0.05) is 12.0 Å². The molecule has 0 spiro atoms. The minimum absolute atomic E-state index is 0.247. The highest BCUT2D eigenvalue weighted by Crippen LogP contribution is 2.46. The van der Waals surface area contributed by atoms with E-state index in [9.17, 15) is 0 Å². The number of nitrogen functional groups attached to an aromatic ring is 1. The zero-order chi connectivity index (χ0) is 10.5. The molecule has 1 aliphatic rings. The minimum Gasteiger partial charge on any atom is -0.486 e. The zero-order valence-electron chi connectivity index (χ0n) is 8.03. The molecule has 0 fully saturated rings. The Kier molecular flexibility index (Phi) is 2.09. The molecule has 2 rings (SSSR count). The first-order valence-corrected chi connectivity index (χ1v) is 5.12. The van der Waals surface area contributed by atoms with Crippen LogP contribution < -0.4 is 10.5 Å². The molecule has 1 aromatic rings. The Labute approximate surface area is 92.9 Å². The molecule has 2 N–H and O–H groups in total. The zero-order valence-corrected chi connectivity index (χ0v) is 9.54. The summed E-state index contributed by atoms with van der Waals surface area (Å²) >= 11 is 12.1. The molecule has 2 nitrogen and oxygen atoms in total. The number of anilines is 1. The molecule has 0 bridgehead atoms. The van der Waals surface area contributed by atoms with Gasteiger partial charge in [0.1, 0.15) is 11.4 Å². The summed E-state index contributed by atoms with van der Waals surface area (Å²) in [5.41, 5.74) is 6.89. The Balaban J connectivity index is 2.61. The van der Waals surface area contributed by atoms with Gasteiger partial charge in [0.15, 0.2) is 0 Å². The highest BCUT2D eigenvalue weighted by atomic mass is 35.5. The van der Waals surface area contributed by atoms with Crippen molar-refractivity contribution in [3.63, 3.8) is 0 Å². The van der Waals surface area contributed by atoms with Crippen LogP contribution in [0.1, 0.15) is 19.4 Å². The molecule has 0 saturated carbocycles. The highest BCUT2D eigenvalue weighted by molar-refractivity contribution is 6.37. The van der Waals surface area contributed by atoms with Crippen LogP contribution in [0.25, 0.3) is 0 Å². The van der Waals surface area contributed by atoms with E-state index < -0.39 is 0 Å². The lowest BCUT2D eigenvalue weighted by atomic mass is 10.0. The minimum atomic E-state index is -0.247. The fraction of sp³-hybridized carbons (Fsp3) is 0.400. The maximum absolute atomic E-state index is 6.07. The van der Waals surface area contributed by atoms with E-state index in [1.165, 1.54) is 0 Å². The maximum atomic E-state index is 6.07. The van der Waals surface area contributed by atoms with Crippen LogP contribution in [0.15, 0.2) is 6.07 Å². The van der Waals surface area contributed by atoms with Crippen LogP contribution >= 0.6 is 23.2 Å². The Bertz CT molecular complexity index is 402. The standard InChI is InChI=1S/C10H11Cl2NO/c1-10(2)4-5-8(12)7(13)3-6(11)9(5)14-10/h3H,4,13H2,1-2H3. The summed E-state index contributed by atoms with van der Waals surface area (Å²) in [6.07, 6.45) is 0.742. The second-order valence-corrected chi connectivity index (χ2v) is 4.89. The second-order valence-electron chi connectivity index (χ2n) is 4.11. The quantitative estimate of drug-likeness (QED) is 0.696. The molecule has 1 aromatic carbocycles. The van der Waals surface area contributed by atoms with Gasteiger partial charge in [-0.15, -0.1) is 0 Å². The summed E-state index contributed by atoms with van der Waals surface area (Å²) in [5.74, 6) is 0.677. The Morgan fingerprint density at radius 2 is 2.07 bits per heavy atom. The van der Waals surface area contributed by atoms with Gasteiger partial charge in [-0.3, -0.25) is 0 Å². The van der Waals surface area contributed by atoms with Gasteiger partial charge in [0.05, 0.1) is 15.7 Å². The topological polar surface area (TPSA) is 35.2 Å². The van der Waals surface area contributed by atoms with Gasteiger partial charge in [-0.2, -0.15) is 0 Å². The number of benzene rings is 1. The van der Waals surface area contributed by atoms with Crippen molar-refractivity contribution < 1.29 is 4.74 Å². The fourth-order valence-corrected chi connectivity index (χ4v) is 2.17. The van der Waals surface area contributed by atoms with Crippen molar-refractivity contribution in [3.8, 4) is 5.75 Å². The van der Waals surface area contributed by atoms with E-state index in [0.29, 0.717) is 21.5 Å². The first-order chi connectivity index (χ1) is 6.41. The van der Waals surface area contributed by atoms with Gasteiger partial charge in [0.25, 0.3) is 0 Å². The third-order valence-electron chi connectivity index (χ3n) is 2.27. The average Bonchev–Trinajstić information content (AvgIpc) is 2.38. The summed E-state index contributed by atoms with van der Waals surface area (Å²) in [5, 5.41) is 1.10. The Morgan fingerprint density at radius 3 is 2.71 bits per heavy atom. The van der Waals surface area contributed by atoms with Gasteiger partial charge in [-0.05, 0) is 19.9 Å². The Morgan fingerprint density at radius 1 is 1.43 bits per heavy atom. The smallest absolute Gasteiger partial charge is 0.143 e. The number of hydrogen-bond donors (Lipinski definition) is 1. The van der Waals surface area contributed by atoms with Gasteiger partial charge in [-0.1, -0.05) is 23.2 Å². The first-order valence-electron chi connectivity index (χ1n) is 4.36. The van der Waals surface area contributed by atoms with Crippen molar-refractivity contribution in [1.82, 2.24) is 0 Å². The SMILES string of the molecule is CC1(C)Cc2c(Cl)c(N)cc(Cl)c2O1. The molecule has 76 valence electrons. The summed E-state index contributed by atoms with van der Waals surface area (Å²) in [6, 6.07) is 1.63. The van der Waals surface area contributed by atoms with Crippen LogP contribution in [0.4, 0.5) is 5.69 Å². The largest absolute Gasteiger partial charge is 0.486 e. The van der Waals surface area contributed by atoms with Crippen LogP contribution in [0.3, 0.4) is 0 Å². The summed E-state index contributed by atoms with van der Waals surface area (Å²) in [7, 11) is 0. The molecule has 0 radical (unpaired) electrons. The van der Waals surface area contributed by atoms with Crippen molar-refractivity contribution in [1.29, 1.82) is 0 Å². The van der Waals surface area contributed by atoms with Crippen molar-refractivity contribution >= 4 is 28.9 Å². The lowest BCUT2D eigenvalue weighted by Gasteiger charge is -2.17. The van der Waals surface area contributed by atoms with E-state index in [-0.39, 0.29) is 5.60 Å². The molecule has 1 heterocycles. The van der Waals surface area contributed by atoms with Crippen molar-refractivity contribution in [3.05, 3.63) is 21.7 Å². The van der Waals surface area contributed by atoms with E-state index in [0.717, 1.165) is 12.0 Å². The van der Waals surface area contributed by atoms with E-state index in [2.05, 4.69) is 0 Å². The average molecular weight is 232 g/mol. The predicted octanol–water partition coefficient (Wildman–Crippen LogP) is 3.29. The van der Waals surface area contributed by atoms with Crippen LogP contribution in [0.5, 0.6) is 5.75 Å². The van der Waals surface area contributed by atoms with Gasteiger partial charge in [0.2, 0.25) is 0 Å². The van der Waals surface area contributed by atoms with Crippen LogP contribution in [0.2, 0.25) is 10.0 Å². The van der Waals surface area contributed by atoms with Crippen molar-refractivity contribution in [2.75, 3.05) is 5.73 Å². The Hall–Kier alpha value is -0.600. The second kappa shape index (κ2) is 2.94. The molecular weight excluding hydrogens is 221 g/mol. The molecule has 0 aromatic heterocycles. The van der Waals surface area contributed by atoms with E-state index >= 15 is 0 Å². The van der Waals surface area contributed by atoms with Crippen LogP contribution in [-0.2, 0) is 6.42 Å². The lowest BCUT2D eigenvalue weighted by molar-refractivity contribution is 0.138. The van der Waals surface area contributed by atoms with Crippen molar-refractivity contribution in [2.24, 2.45) is 0 Å². The summed E-state index contributed by atoms with van der Waals surface area (Å²) in [4.78, 5) is 0. The van der Waals surface area contributed by atoms with Crippen molar-refractivity contribution in [2.45, 2.75) is 25.9 Å². The number of ether oxygens (including phenoxy) is 1. The molecule has 4 heteroatoms. The van der Waals surface area contributed by atoms with E-state index in [1.807, 2.05) is 13.8 Å². The molecular formula is C10H11Cl2NO. The monoisotopic (exact) mass is 231 g/mol. The summed E-state index contributed by atoms with van der Waals surface area (Å²) < 4.78 is 5.69. The van der Waals surface area contributed by atoms with Gasteiger partial charge < -0.3 is 10.5 Å². The molecule has 1 aliphatic heterocycles. The number of hydrogen-bond acceptors (Lipinski definition) is 2. The molecule has 0 saturated heterocycles. The third kappa shape index (κ3) is 1.43. The van der Waals surface area contributed by atoms with Gasteiger partial charge >= 0.3 is 0 Å². The maximum Gasteiger partial charge on any atom is 0.143 e. The molecule has 0 atom stereocenters. The molecule has 0 aliphatic carbocycles. The molecule has 0 unspecified atom stereocenters. The van der Waals surface area contributed by atoms with Gasteiger partial charge in [-0.25, -0.2) is 0 Å². The highest BCUT2D eigenvalue weighted by Gasteiger charge is 2.34. The molecule has 0 amide bonds. The number of halogens is 2. The number of fused-ring (bicyclic) bond motifs is 1. The van der Waals surface area contributed by atoms with E-state index in [1.54, 1.807) is 6.07 Å². The predicted molar refractivity (Wildman–Crippen MR) is 59.3 cm³/mol. The lowest BCUT2D eigenvalue weighted by Crippen LogP contribution is -2.24. The fourth-order valence-electron chi connectivity index (χ4n) is 1.69. The normalized spacial score (nSPS) is 17.7. The number of nitrogens with two attached hydrogens (primary N) is 1.